The van der Waals surface area contributed by atoms with Gasteiger partial charge in [-0.05, 0) is 0 Å². The van der Waals surface area contributed by atoms with Gasteiger partial charge in [0.25, 0.3) is 0 Å². The van der Waals surface area contributed by atoms with Gasteiger partial charge in [-0.3, -0.25) is 0 Å². The van der Waals surface area contributed by atoms with Gasteiger partial charge >= 0.3 is 0 Å². The van der Waals surface area contributed by atoms with Crippen LogP contribution in [-0.2, 0) is 21.7 Å². The average molecular weight is 161 g/mol. The summed E-state index contributed by atoms with van der Waals surface area (Å²) >= 11 is 0. The zero-order valence-corrected chi connectivity index (χ0v) is 6.05. The maximum Gasteiger partial charge on any atom is 0.0178 e. The SMILES string of the molecule is Fc1[c-]ccc(F)c1.[Ti]. The van der Waals surface area contributed by atoms with E-state index in [0.717, 1.165) is 12.1 Å². The minimum Gasteiger partial charge on any atom is -0.236 e. The Morgan fingerprint density at radius 1 is 1.33 bits per heavy atom. The normalized spacial score (nSPS) is 8.22. The molecule has 0 aliphatic rings. The molecule has 0 N–H and O–H groups in total. The molecule has 0 saturated heterocycles. The summed E-state index contributed by atoms with van der Waals surface area (Å²) in [5.74, 6) is -1.23. The Bertz CT molecular complexity index is 171. The zero-order chi connectivity index (χ0) is 5.98. The van der Waals surface area contributed by atoms with E-state index in [9.17, 15) is 8.78 Å². The Morgan fingerprint density at radius 2 is 2.00 bits per heavy atom. The standard InChI is InChI=1S/C6H3F2.Ti/c7-5-2-1-3-6(8)4-5;/h1-2,4H;/q-1;. The molecule has 3 heteroatoms. The summed E-state index contributed by atoms with van der Waals surface area (Å²) in [5.41, 5.74) is 0. The fourth-order valence-corrected chi connectivity index (χ4v) is 0.412. The van der Waals surface area contributed by atoms with Crippen molar-refractivity contribution >= 4 is 0 Å². The molecule has 1 rings (SSSR count). The van der Waals surface area contributed by atoms with Crippen LogP contribution in [0.25, 0.3) is 0 Å². The Hall–Kier alpha value is -0.206. The summed E-state index contributed by atoms with van der Waals surface area (Å²) in [6.07, 6.45) is 0. The quantitative estimate of drug-likeness (QED) is 0.401. The number of hydrogen-bond acceptors (Lipinski definition) is 0. The first-order valence-electron chi connectivity index (χ1n) is 2.12. The fourth-order valence-electron chi connectivity index (χ4n) is 0.412. The van der Waals surface area contributed by atoms with Crippen LogP contribution in [0.2, 0.25) is 0 Å². The Morgan fingerprint density at radius 3 is 2.33 bits per heavy atom. The van der Waals surface area contributed by atoms with Gasteiger partial charge < -0.3 is 0 Å². The first-order valence-corrected chi connectivity index (χ1v) is 2.12. The molecule has 0 heterocycles. The Labute approximate surface area is 66.8 Å². The van der Waals surface area contributed by atoms with E-state index in [1.54, 1.807) is 0 Å². The van der Waals surface area contributed by atoms with Gasteiger partial charge in [-0.15, -0.1) is 18.2 Å². The van der Waals surface area contributed by atoms with E-state index in [-0.39, 0.29) is 21.7 Å². The van der Waals surface area contributed by atoms with Crippen LogP contribution in [0.1, 0.15) is 0 Å². The molecule has 0 aliphatic heterocycles. The number of benzene rings is 1. The molecule has 0 unspecified atom stereocenters. The molecule has 0 aromatic heterocycles. The largest absolute Gasteiger partial charge is 0.236 e. The molecule has 46 valence electrons. The molecular formula is C6H3F2Ti-. The first-order chi connectivity index (χ1) is 3.79. The van der Waals surface area contributed by atoms with Gasteiger partial charge in [0.1, 0.15) is 0 Å². The monoisotopic (exact) mass is 161 g/mol. The molecule has 0 amide bonds. The number of halogens is 2. The molecule has 0 atom stereocenters. The van der Waals surface area contributed by atoms with Gasteiger partial charge in [0.2, 0.25) is 0 Å². The second-order valence-electron chi connectivity index (χ2n) is 1.35. The van der Waals surface area contributed by atoms with Crippen molar-refractivity contribution in [2.24, 2.45) is 0 Å². The number of hydrogen-bond donors (Lipinski definition) is 0. The van der Waals surface area contributed by atoms with Crippen LogP contribution in [-0.4, -0.2) is 0 Å². The molecule has 0 bridgehead atoms. The number of rotatable bonds is 0. The summed E-state index contributed by atoms with van der Waals surface area (Å²) in [4.78, 5) is 0. The third kappa shape index (κ3) is 2.73. The Balaban J connectivity index is 0.000000640. The first kappa shape index (κ1) is 8.79. The van der Waals surface area contributed by atoms with E-state index in [1.807, 2.05) is 0 Å². The van der Waals surface area contributed by atoms with Crippen LogP contribution in [0.5, 0.6) is 0 Å². The predicted molar refractivity (Wildman–Crippen MR) is 25.2 cm³/mol. The smallest absolute Gasteiger partial charge is 0.0178 e. The molecule has 0 aliphatic carbocycles. The fraction of sp³-hybridized carbons (Fsp3) is 0. The van der Waals surface area contributed by atoms with Crippen LogP contribution in [0.3, 0.4) is 0 Å². The molecule has 0 spiro atoms. The van der Waals surface area contributed by atoms with Crippen molar-refractivity contribution in [1.82, 2.24) is 0 Å². The predicted octanol–water partition coefficient (Wildman–Crippen LogP) is 1.76. The second-order valence-corrected chi connectivity index (χ2v) is 1.35. The van der Waals surface area contributed by atoms with Crippen molar-refractivity contribution in [3.05, 3.63) is 35.9 Å². The van der Waals surface area contributed by atoms with Gasteiger partial charge in [-0.2, -0.15) is 6.07 Å². The minimum atomic E-state index is -0.662. The molecule has 0 radical (unpaired) electrons. The third-order valence-corrected chi connectivity index (χ3v) is 0.728. The molecule has 1 aromatic rings. The van der Waals surface area contributed by atoms with Crippen molar-refractivity contribution in [1.29, 1.82) is 0 Å². The van der Waals surface area contributed by atoms with Gasteiger partial charge in [0, 0.05) is 33.4 Å². The van der Waals surface area contributed by atoms with Crippen LogP contribution < -0.4 is 0 Å². The van der Waals surface area contributed by atoms with Crippen LogP contribution >= 0.6 is 0 Å². The van der Waals surface area contributed by atoms with E-state index >= 15 is 0 Å². The van der Waals surface area contributed by atoms with E-state index in [2.05, 4.69) is 6.07 Å². The van der Waals surface area contributed by atoms with Crippen LogP contribution in [0.15, 0.2) is 18.2 Å². The maximum atomic E-state index is 11.9. The van der Waals surface area contributed by atoms with Crippen molar-refractivity contribution in [3.8, 4) is 0 Å². The topological polar surface area (TPSA) is 0 Å². The van der Waals surface area contributed by atoms with Crippen LogP contribution in [0.4, 0.5) is 8.78 Å². The van der Waals surface area contributed by atoms with Gasteiger partial charge in [0.15, 0.2) is 0 Å². The minimum absolute atomic E-state index is 0. The van der Waals surface area contributed by atoms with E-state index in [1.165, 1.54) is 6.07 Å². The van der Waals surface area contributed by atoms with E-state index < -0.39 is 11.6 Å². The van der Waals surface area contributed by atoms with Gasteiger partial charge in [-0.25, -0.2) is 8.78 Å². The maximum absolute atomic E-state index is 11.9. The van der Waals surface area contributed by atoms with Crippen molar-refractivity contribution in [2.45, 2.75) is 0 Å². The van der Waals surface area contributed by atoms with Crippen molar-refractivity contribution in [3.63, 3.8) is 0 Å². The molecule has 1 aromatic carbocycles. The summed E-state index contributed by atoms with van der Waals surface area (Å²) in [7, 11) is 0. The average Bonchev–Trinajstić information content (AvgIpc) is 1.64. The summed E-state index contributed by atoms with van der Waals surface area (Å²) in [5, 5.41) is 0. The second kappa shape index (κ2) is 3.75. The summed E-state index contributed by atoms with van der Waals surface area (Å²) in [6, 6.07) is 5.28. The van der Waals surface area contributed by atoms with Crippen molar-refractivity contribution in [2.75, 3.05) is 0 Å². The van der Waals surface area contributed by atoms with Crippen LogP contribution in [0, 0.1) is 17.7 Å². The molecule has 9 heavy (non-hydrogen) atoms. The van der Waals surface area contributed by atoms with Gasteiger partial charge in [0.05, 0.1) is 0 Å². The third-order valence-electron chi connectivity index (χ3n) is 0.728. The van der Waals surface area contributed by atoms with E-state index in [0.29, 0.717) is 0 Å². The van der Waals surface area contributed by atoms with Crippen molar-refractivity contribution < 1.29 is 30.5 Å². The Kier molecular flexibility index (Phi) is 3.67. The molecular weight excluding hydrogens is 158 g/mol. The summed E-state index contributed by atoms with van der Waals surface area (Å²) in [6.45, 7) is 0. The van der Waals surface area contributed by atoms with Gasteiger partial charge in [-0.1, -0.05) is 0 Å². The molecule has 0 fully saturated rings. The zero-order valence-electron chi connectivity index (χ0n) is 4.49. The molecule has 0 nitrogen and oxygen atoms in total. The van der Waals surface area contributed by atoms with E-state index in [4.69, 9.17) is 0 Å². The molecule has 0 saturated carbocycles. The summed E-state index contributed by atoms with van der Waals surface area (Å²) < 4.78 is 23.8.